The van der Waals surface area contributed by atoms with Crippen LogP contribution in [0.1, 0.15) is 58.8 Å². The summed E-state index contributed by atoms with van der Waals surface area (Å²) < 4.78 is 0. The zero-order valence-electron chi connectivity index (χ0n) is 11.8. The number of carbonyl (C=O) groups is 1. The molecule has 18 heavy (non-hydrogen) atoms. The number of hydrogen-bond donors (Lipinski definition) is 2. The number of rotatable bonds is 5. The quantitative estimate of drug-likeness (QED) is 0.791. The molecule has 0 aromatic carbocycles. The van der Waals surface area contributed by atoms with E-state index in [-0.39, 0.29) is 17.9 Å². The van der Waals surface area contributed by atoms with Crippen molar-refractivity contribution in [3.63, 3.8) is 0 Å². The third-order valence-corrected chi connectivity index (χ3v) is 4.73. The number of amides is 1. The van der Waals surface area contributed by atoms with Crippen LogP contribution in [0.15, 0.2) is 0 Å². The monoisotopic (exact) mass is 253 g/mol. The van der Waals surface area contributed by atoms with Crippen LogP contribution in [0.4, 0.5) is 0 Å². The van der Waals surface area contributed by atoms with Gasteiger partial charge in [0, 0.05) is 18.4 Å². The van der Waals surface area contributed by atoms with Gasteiger partial charge in [0.25, 0.3) is 0 Å². The fourth-order valence-corrected chi connectivity index (χ4v) is 3.22. The van der Waals surface area contributed by atoms with Crippen LogP contribution in [-0.4, -0.2) is 24.2 Å². The second kappa shape index (κ2) is 5.20. The van der Waals surface area contributed by atoms with Gasteiger partial charge in [-0.25, -0.2) is 0 Å². The average molecular weight is 253 g/mol. The molecule has 1 amide bonds. The van der Waals surface area contributed by atoms with Crippen molar-refractivity contribution >= 4 is 5.91 Å². The molecule has 1 unspecified atom stereocenters. The van der Waals surface area contributed by atoms with E-state index in [4.69, 9.17) is 0 Å². The Morgan fingerprint density at radius 1 is 1.33 bits per heavy atom. The van der Waals surface area contributed by atoms with Gasteiger partial charge in [0.1, 0.15) is 0 Å². The molecule has 0 saturated heterocycles. The lowest BCUT2D eigenvalue weighted by atomic mass is 9.71. The Bertz CT molecular complexity index is 308. The van der Waals surface area contributed by atoms with E-state index in [9.17, 15) is 9.90 Å². The molecule has 2 N–H and O–H groups in total. The van der Waals surface area contributed by atoms with Crippen LogP contribution < -0.4 is 5.32 Å². The van der Waals surface area contributed by atoms with Crippen LogP contribution in [0, 0.1) is 16.7 Å². The summed E-state index contributed by atoms with van der Waals surface area (Å²) in [6.45, 7) is 5.49. The second-order valence-electron chi connectivity index (χ2n) is 7.27. The van der Waals surface area contributed by atoms with Crippen molar-refractivity contribution in [1.29, 1.82) is 0 Å². The molecule has 1 atom stereocenters. The maximum Gasteiger partial charge on any atom is 0.220 e. The van der Waals surface area contributed by atoms with Crippen LogP contribution in [0.3, 0.4) is 0 Å². The van der Waals surface area contributed by atoms with Crippen molar-refractivity contribution in [2.45, 2.75) is 58.8 Å². The summed E-state index contributed by atoms with van der Waals surface area (Å²) in [4.78, 5) is 11.9. The Morgan fingerprint density at radius 2 is 2.06 bits per heavy atom. The van der Waals surface area contributed by atoms with Gasteiger partial charge in [-0.2, -0.15) is 0 Å². The maximum atomic E-state index is 11.9. The van der Waals surface area contributed by atoms with Crippen molar-refractivity contribution in [3.05, 3.63) is 0 Å². The molecule has 0 radical (unpaired) electrons. The molecule has 3 nitrogen and oxygen atoms in total. The summed E-state index contributed by atoms with van der Waals surface area (Å²) in [6, 6.07) is 0. The third kappa shape index (κ3) is 3.71. The minimum Gasteiger partial charge on any atom is -0.396 e. The minimum atomic E-state index is 0.0293. The van der Waals surface area contributed by atoms with Gasteiger partial charge in [-0.1, -0.05) is 20.3 Å². The van der Waals surface area contributed by atoms with Gasteiger partial charge >= 0.3 is 0 Å². The highest BCUT2D eigenvalue weighted by Crippen LogP contribution is 2.44. The zero-order valence-corrected chi connectivity index (χ0v) is 11.8. The van der Waals surface area contributed by atoms with Gasteiger partial charge in [0.2, 0.25) is 5.91 Å². The third-order valence-electron chi connectivity index (χ3n) is 4.73. The second-order valence-corrected chi connectivity index (χ2v) is 7.27. The maximum absolute atomic E-state index is 11.9. The average Bonchev–Trinajstić information content (AvgIpc) is 3.06. The number of aliphatic hydroxyl groups is 1. The molecule has 0 bridgehead atoms. The molecular formula is C15H27NO2. The van der Waals surface area contributed by atoms with Gasteiger partial charge in [-0.3, -0.25) is 4.79 Å². The molecule has 104 valence electrons. The first kappa shape index (κ1) is 13.9. The molecule has 0 aromatic heterocycles. The van der Waals surface area contributed by atoms with Gasteiger partial charge in [0.05, 0.1) is 6.61 Å². The molecule has 0 heterocycles. The molecule has 0 aliphatic heterocycles. The molecule has 2 fully saturated rings. The van der Waals surface area contributed by atoms with Crippen LogP contribution in [0.25, 0.3) is 0 Å². The van der Waals surface area contributed by atoms with Crippen molar-refractivity contribution in [1.82, 2.24) is 5.32 Å². The molecular weight excluding hydrogens is 226 g/mol. The SMILES string of the molecule is CC1(C)CCCC(CC(=O)NCC2(CO)CC2)C1. The predicted molar refractivity (Wildman–Crippen MR) is 72.1 cm³/mol. The number of aliphatic hydroxyl groups excluding tert-OH is 1. The van der Waals surface area contributed by atoms with E-state index in [2.05, 4.69) is 19.2 Å². The lowest BCUT2D eigenvalue weighted by molar-refractivity contribution is -0.122. The highest BCUT2D eigenvalue weighted by Gasteiger charge is 2.42. The van der Waals surface area contributed by atoms with Gasteiger partial charge in [-0.05, 0) is 43.4 Å². The minimum absolute atomic E-state index is 0.0293. The standard InChI is InChI=1S/C15H27NO2/c1-14(2)5-3-4-12(9-14)8-13(18)16-10-15(11-17)6-7-15/h12,17H,3-11H2,1-2H3,(H,16,18). The summed E-state index contributed by atoms with van der Waals surface area (Å²) in [6.07, 6.45) is 7.70. The lowest BCUT2D eigenvalue weighted by Crippen LogP contribution is -2.34. The van der Waals surface area contributed by atoms with E-state index in [1.807, 2.05) is 0 Å². The first-order chi connectivity index (χ1) is 8.45. The Hall–Kier alpha value is -0.570. The van der Waals surface area contributed by atoms with E-state index in [0.717, 1.165) is 12.8 Å². The lowest BCUT2D eigenvalue weighted by Gasteiger charge is -2.35. The van der Waals surface area contributed by atoms with Gasteiger partial charge < -0.3 is 10.4 Å². The van der Waals surface area contributed by atoms with E-state index in [0.29, 0.717) is 24.3 Å². The van der Waals surface area contributed by atoms with Crippen molar-refractivity contribution in [2.75, 3.05) is 13.2 Å². The highest BCUT2D eigenvalue weighted by atomic mass is 16.3. The molecule has 0 spiro atoms. The smallest absolute Gasteiger partial charge is 0.220 e. The van der Waals surface area contributed by atoms with E-state index < -0.39 is 0 Å². The normalized spacial score (nSPS) is 28.7. The summed E-state index contributed by atoms with van der Waals surface area (Å²) in [7, 11) is 0. The Labute approximate surface area is 110 Å². The van der Waals surface area contributed by atoms with Crippen molar-refractivity contribution in [3.8, 4) is 0 Å². The van der Waals surface area contributed by atoms with E-state index >= 15 is 0 Å². The molecule has 2 saturated carbocycles. The van der Waals surface area contributed by atoms with Crippen LogP contribution in [-0.2, 0) is 4.79 Å². The molecule has 2 aliphatic carbocycles. The van der Waals surface area contributed by atoms with Crippen LogP contribution >= 0.6 is 0 Å². The number of nitrogens with one attached hydrogen (secondary N) is 1. The van der Waals surface area contributed by atoms with Gasteiger partial charge in [0.15, 0.2) is 0 Å². The molecule has 0 aromatic rings. The number of carbonyl (C=O) groups excluding carboxylic acids is 1. The van der Waals surface area contributed by atoms with E-state index in [1.165, 1.54) is 25.7 Å². The number of hydrogen-bond acceptors (Lipinski definition) is 2. The molecule has 2 aliphatic rings. The van der Waals surface area contributed by atoms with Crippen molar-refractivity contribution < 1.29 is 9.90 Å². The van der Waals surface area contributed by atoms with E-state index in [1.54, 1.807) is 0 Å². The first-order valence-electron chi connectivity index (χ1n) is 7.32. The predicted octanol–water partition coefficient (Wildman–Crippen LogP) is 2.48. The highest BCUT2D eigenvalue weighted by molar-refractivity contribution is 5.76. The molecule has 3 heteroatoms. The Kier molecular flexibility index (Phi) is 4.00. The van der Waals surface area contributed by atoms with Gasteiger partial charge in [-0.15, -0.1) is 0 Å². The summed E-state index contributed by atoms with van der Waals surface area (Å²) >= 11 is 0. The largest absolute Gasteiger partial charge is 0.396 e. The topological polar surface area (TPSA) is 49.3 Å². The summed E-state index contributed by atoms with van der Waals surface area (Å²) in [5.74, 6) is 0.732. The van der Waals surface area contributed by atoms with Crippen LogP contribution in [0.5, 0.6) is 0 Å². The summed E-state index contributed by atoms with van der Waals surface area (Å²) in [5.41, 5.74) is 0.438. The fraction of sp³-hybridized carbons (Fsp3) is 0.933. The first-order valence-corrected chi connectivity index (χ1v) is 7.32. The fourth-order valence-electron chi connectivity index (χ4n) is 3.22. The van der Waals surface area contributed by atoms with Crippen molar-refractivity contribution in [2.24, 2.45) is 16.7 Å². The Morgan fingerprint density at radius 3 is 2.61 bits per heavy atom. The summed E-state index contributed by atoms with van der Waals surface area (Å²) in [5, 5.41) is 12.2. The molecule has 2 rings (SSSR count). The zero-order chi connectivity index (χ0) is 13.2. The Balaban J connectivity index is 1.70. The van der Waals surface area contributed by atoms with Crippen LogP contribution in [0.2, 0.25) is 0 Å².